The quantitative estimate of drug-likeness (QED) is 0.392. The van der Waals surface area contributed by atoms with Crippen LogP contribution in [0, 0.1) is 0 Å². The van der Waals surface area contributed by atoms with E-state index in [4.69, 9.17) is 32.0 Å². The molecule has 0 radical (unpaired) electrons. The zero-order valence-electron chi connectivity index (χ0n) is 10.7. The number of benzene rings is 2. The van der Waals surface area contributed by atoms with Gasteiger partial charge in [0.15, 0.2) is 17.3 Å². The van der Waals surface area contributed by atoms with Gasteiger partial charge in [0.25, 0.3) is 0 Å². The molecule has 3 N–H and O–H groups in total. The van der Waals surface area contributed by atoms with Gasteiger partial charge in [-0.3, -0.25) is 0 Å². The van der Waals surface area contributed by atoms with E-state index in [-0.39, 0.29) is 5.84 Å². The zero-order chi connectivity index (χ0) is 14.5. The average molecular weight is 293 g/mol. The molecule has 0 heterocycles. The summed E-state index contributed by atoms with van der Waals surface area (Å²) in [5, 5.41) is 12.1. The van der Waals surface area contributed by atoms with Crippen LogP contribution in [0.4, 0.5) is 0 Å². The third kappa shape index (κ3) is 2.78. The summed E-state index contributed by atoms with van der Waals surface area (Å²) < 4.78 is 11.0. The molecule has 0 unspecified atom stereocenters. The van der Waals surface area contributed by atoms with E-state index in [0.29, 0.717) is 27.8 Å². The minimum atomic E-state index is -0.125. The van der Waals surface area contributed by atoms with Gasteiger partial charge in [-0.25, -0.2) is 0 Å². The monoisotopic (exact) mass is 292 g/mol. The molecule has 0 spiro atoms. The summed E-state index contributed by atoms with van der Waals surface area (Å²) in [7, 11) is 1.55. The van der Waals surface area contributed by atoms with E-state index in [9.17, 15) is 0 Å². The Morgan fingerprint density at radius 3 is 2.40 bits per heavy atom. The van der Waals surface area contributed by atoms with Crippen molar-refractivity contribution in [2.45, 2.75) is 0 Å². The second kappa shape index (κ2) is 6.16. The number of hydrogen-bond donors (Lipinski definition) is 2. The van der Waals surface area contributed by atoms with Crippen LogP contribution >= 0.6 is 11.6 Å². The summed E-state index contributed by atoms with van der Waals surface area (Å²) in [6, 6.07) is 12.2. The zero-order valence-corrected chi connectivity index (χ0v) is 11.5. The van der Waals surface area contributed by atoms with E-state index in [1.54, 1.807) is 37.4 Å². The standard InChI is InChI=1S/C14H13ClN2O3/c1-19-10-6-2-3-7-11(10)20-12-8-4-5-9(15)13(12)14(16)17-18/h2-8,18H,1H3,(H2,16,17). The molecule has 2 aromatic carbocycles. The highest BCUT2D eigenvalue weighted by atomic mass is 35.5. The number of halogens is 1. The molecule has 0 saturated heterocycles. The SMILES string of the molecule is COc1ccccc1Oc1cccc(Cl)c1C(N)=NO. The van der Waals surface area contributed by atoms with E-state index in [2.05, 4.69) is 5.16 Å². The fourth-order valence-electron chi connectivity index (χ4n) is 1.71. The van der Waals surface area contributed by atoms with Crippen molar-refractivity contribution in [3.05, 3.63) is 53.1 Å². The summed E-state index contributed by atoms with van der Waals surface area (Å²) in [5.74, 6) is 1.32. The van der Waals surface area contributed by atoms with Crippen LogP contribution in [-0.2, 0) is 0 Å². The summed E-state index contributed by atoms with van der Waals surface area (Å²) in [4.78, 5) is 0. The first kappa shape index (κ1) is 14.0. The van der Waals surface area contributed by atoms with Crippen LogP contribution in [-0.4, -0.2) is 18.2 Å². The topological polar surface area (TPSA) is 77.1 Å². The second-order valence-electron chi connectivity index (χ2n) is 3.85. The van der Waals surface area contributed by atoms with Gasteiger partial charge < -0.3 is 20.4 Å². The lowest BCUT2D eigenvalue weighted by molar-refractivity contribution is 0.318. The third-order valence-electron chi connectivity index (χ3n) is 2.63. The normalized spacial score (nSPS) is 11.2. The molecule has 0 aliphatic carbocycles. The van der Waals surface area contributed by atoms with E-state index >= 15 is 0 Å². The van der Waals surface area contributed by atoms with Crippen LogP contribution in [0.25, 0.3) is 0 Å². The maximum absolute atomic E-state index is 8.83. The second-order valence-corrected chi connectivity index (χ2v) is 4.26. The van der Waals surface area contributed by atoms with Crippen molar-refractivity contribution in [1.29, 1.82) is 0 Å². The Morgan fingerprint density at radius 2 is 1.75 bits per heavy atom. The average Bonchev–Trinajstić information content (AvgIpc) is 2.47. The predicted molar refractivity (Wildman–Crippen MR) is 77.0 cm³/mol. The van der Waals surface area contributed by atoms with Crippen molar-refractivity contribution in [1.82, 2.24) is 0 Å². The first-order valence-electron chi connectivity index (χ1n) is 5.74. The molecule has 0 aromatic heterocycles. The Bertz CT molecular complexity index is 644. The minimum absolute atomic E-state index is 0.125. The van der Waals surface area contributed by atoms with Crippen molar-refractivity contribution in [3.63, 3.8) is 0 Å². The Kier molecular flexibility index (Phi) is 4.32. The Labute approximate surface area is 121 Å². The highest BCUT2D eigenvalue weighted by Crippen LogP contribution is 2.34. The van der Waals surface area contributed by atoms with Crippen molar-refractivity contribution >= 4 is 17.4 Å². The van der Waals surface area contributed by atoms with Gasteiger partial charge in [0.1, 0.15) is 5.75 Å². The maximum Gasteiger partial charge on any atom is 0.175 e. The summed E-state index contributed by atoms with van der Waals surface area (Å²) in [6.07, 6.45) is 0. The smallest absolute Gasteiger partial charge is 0.175 e. The van der Waals surface area contributed by atoms with Crippen LogP contribution in [0.15, 0.2) is 47.6 Å². The van der Waals surface area contributed by atoms with Crippen molar-refractivity contribution in [3.8, 4) is 17.2 Å². The van der Waals surface area contributed by atoms with Crippen LogP contribution in [0.1, 0.15) is 5.56 Å². The molecule has 0 saturated carbocycles. The predicted octanol–water partition coefficient (Wildman–Crippen LogP) is 3.24. The third-order valence-corrected chi connectivity index (χ3v) is 2.94. The van der Waals surface area contributed by atoms with E-state index in [1.165, 1.54) is 0 Å². The first-order valence-corrected chi connectivity index (χ1v) is 6.12. The number of nitrogens with two attached hydrogens (primary N) is 1. The molecular formula is C14H13ClN2O3. The van der Waals surface area contributed by atoms with Gasteiger partial charge in [0, 0.05) is 0 Å². The van der Waals surface area contributed by atoms with Gasteiger partial charge >= 0.3 is 0 Å². The van der Waals surface area contributed by atoms with E-state index in [1.807, 2.05) is 12.1 Å². The van der Waals surface area contributed by atoms with Crippen molar-refractivity contribution in [2.75, 3.05) is 7.11 Å². The lowest BCUT2D eigenvalue weighted by atomic mass is 10.2. The number of amidine groups is 1. The summed E-state index contributed by atoms with van der Waals surface area (Å²) >= 11 is 6.06. The van der Waals surface area contributed by atoms with Crippen LogP contribution in [0.2, 0.25) is 5.02 Å². The lowest BCUT2D eigenvalue weighted by Crippen LogP contribution is -2.15. The van der Waals surface area contributed by atoms with E-state index in [0.717, 1.165) is 0 Å². The van der Waals surface area contributed by atoms with Gasteiger partial charge in [-0.2, -0.15) is 0 Å². The number of ether oxygens (including phenoxy) is 2. The highest BCUT2D eigenvalue weighted by Gasteiger charge is 2.15. The van der Waals surface area contributed by atoms with Gasteiger partial charge in [0.05, 0.1) is 17.7 Å². The molecule has 6 heteroatoms. The molecule has 5 nitrogen and oxygen atoms in total. The molecule has 2 rings (SSSR count). The minimum Gasteiger partial charge on any atom is -0.493 e. The van der Waals surface area contributed by atoms with Crippen molar-refractivity contribution in [2.24, 2.45) is 10.9 Å². The van der Waals surface area contributed by atoms with E-state index < -0.39 is 0 Å². The van der Waals surface area contributed by atoms with Crippen LogP contribution in [0.3, 0.4) is 0 Å². The largest absolute Gasteiger partial charge is 0.493 e. The molecule has 0 amide bonds. The number of nitrogens with zero attached hydrogens (tertiary/aromatic N) is 1. The maximum atomic E-state index is 8.83. The molecule has 0 bridgehead atoms. The molecule has 104 valence electrons. The lowest BCUT2D eigenvalue weighted by Gasteiger charge is -2.13. The summed E-state index contributed by atoms with van der Waals surface area (Å²) in [6.45, 7) is 0. The Balaban J connectivity index is 2.46. The number of methoxy groups -OCH3 is 1. The number of rotatable bonds is 4. The fraction of sp³-hybridized carbons (Fsp3) is 0.0714. The molecule has 2 aromatic rings. The number of hydrogen-bond acceptors (Lipinski definition) is 4. The van der Waals surface area contributed by atoms with Gasteiger partial charge in [-0.05, 0) is 24.3 Å². The number of para-hydroxylation sites is 2. The summed E-state index contributed by atoms with van der Waals surface area (Å²) in [5.41, 5.74) is 5.95. The molecule has 0 aliphatic heterocycles. The van der Waals surface area contributed by atoms with Crippen molar-refractivity contribution < 1.29 is 14.7 Å². The first-order chi connectivity index (χ1) is 9.67. The van der Waals surface area contributed by atoms with Gasteiger partial charge in [-0.15, -0.1) is 0 Å². The highest BCUT2D eigenvalue weighted by molar-refractivity contribution is 6.34. The molecule has 0 fully saturated rings. The van der Waals surface area contributed by atoms with Crippen LogP contribution in [0.5, 0.6) is 17.2 Å². The van der Waals surface area contributed by atoms with Gasteiger partial charge in [-0.1, -0.05) is 35.0 Å². The van der Waals surface area contributed by atoms with Crippen LogP contribution < -0.4 is 15.2 Å². The molecule has 0 atom stereocenters. The Hall–Kier alpha value is -2.40. The number of oxime groups is 1. The molecule has 0 aliphatic rings. The molecule has 20 heavy (non-hydrogen) atoms. The molecular weight excluding hydrogens is 280 g/mol. The fourth-order valence-corrected chi connectivity index (χ4v) is 1.97. The van der Waals surface area contributed by atoms with Gasteiger partial charge in [0.2, 0.25) is 0 Å². The Morgan fingerprint density at radius 1 is 1.10 bits per heavy atom.